The molecule has 0 spiro atoms. The van der Waals surface area contributed by atoms with Gasteiger partial charge in [0.25, 0.3) is 11.4 Å². The highest BCUT2D eigenvalue weighted by molar-refractivity contribution is 5.75. The molecule has 0 bridgehead atoms. The number of nitro benzene ring substituents is 2. The molecule has 0 aliphatic carbocycles. The fourth-order valence-electron chi connectivity index (χ4n) is 2.13. The Hall–Kier alpha value is -3.18. The van der Waals surface area contributed by atoms with Crippen LogP contribution >= 0.6 is 0 Å². The Kier molecular flexibility index (Phi) is 4.90. The van der Waals surface area contributed by atoms with Gasteiger partial charge in [-0.3, -0.25) is 24.9 Å². The fraction of sp³-hybridized carbons (Fsp3) is 0.308. The van der Waals surface area contributed by atoms with Crippen molar-refractivity contribution >= 4 is 17.1 Å². The van der Waals surface area contributed by atoms with E-state index in [9.17, 15) is 33.4 Å². The third-order valence-corrected chi connectivity index (χ3v) is 3.22. The Morgan fingerprint density at radius 1 is 1.20 bits per heavy atom. The van der Waals surface area contributed by atoms with Crippen molar-refractivity contribution in [1.29, 1.82) is 0 Å². The van der Waals surface area contributed by atoms with E-state index in [0.717, 1.165) is 5.56 Å². The highest BCUT2D eigenvalue weighted by atomic mass is 19.4. The molecule has 0 amide bonds. The fourth-order valence-corrected chi connectivity index (χ4v) is 2.13. The first kappa shape index (κ1) is 18.2. The Balaban J connectivity index is 2.36. The molecule has 0 radical (unpaired) electrons. The van der Waals surface area contributed by atoms with Gasteiger partial charge < -0.3 is 5.32 Å². The van der Waals surface area contributed by atoms with Gasteiger partial charge >= 0.3 is 6.18 Å². The average Bonchev–Trinajstić information content (AvgIpc) is 2.91. The van der Waals surface area contributed by atoms with Crippen molar-refractivity contribution in [2.75, 3.05) is 11.9 Å². The summed E-state index contributed by atoms with van der Waals surface area (Å²) in [6, 6.07) is 0.542. The van der Waals surface area contributed by atoms with Gasteiger partial charge in [-0.05, 0) is 12.5 Å². The van der Waals surface area contributed by atoms with Gasteiger partial charge in [0.05, 0.1) is 28.2 Å². The second-order valence-electron chi connectivity index (χ2n) is 5.11. The number of nitro groups is 2. The molecule has 0 aliphatic heterocycles. The molecule has 1 aromatic carbocycles. The van der Waals surface area contributed by atoms with Crippen LogP contribution in [0.15, 0.2) is 24.5 Å². The van der Waals surface area contributed by atoms with Crippen LogP contribution in [-0.2, 0) is 12.7 Å². The van der Waals surface area contributed by atoms with Gasteiger partial charge in [0.15, 0.2) is 5.69 Å². The van der Waals surface area contributed by atoms with Crippen molar-refractivity contribution in [3.05, 3.63) is 55.9 Å². The van der Waals surface area contributed by atoms with E-state index >= 15 is 0 Å². The maximum atomic E-state index is 12.8. The van der Waals surface area contributed by atoms with Gasteiger partial charge in [0.2, 0.25) is 0 Å². The zero-order valence-corrected chi connectivity index (χ0v) is 12.8. The van der Waals surface area contributed by atoms with E-state index in [2.05, 4.69) is 10.4 Å². The van der Waals surface area contributed by atoms with Gasteiger partial charge in [-0.15, -0.1) is 0 Å². The van der Waals surface area contributed by atoms with Crippen molar-refractivity contribution in [1.82, 2.24) is 9.78 Å². The topological polar surface area (TPSA) is 116 Å². The highest BCUT2D eigenvalue weighted by Gasteiger charge is 2.37. The lowest BCUT2D eigenvalue weighted by atomic mass is 10.1. The molecule has 1 heterocycles. The lowest BCUT2D eigenvalue weighted by Gasteiger charge is -2.11. The van der Waals surface area contributed by atoms with Crippen LogP contribution in [-0.4, -0.2) is 26.2 Å². The smallest absolute Gasteiger partial charge is 0.372 e. The molecule has 25 heavy (non-hydrogen) atoms. The lowest BCUT2D eigenvalue weighted by molar-refractivity contribution is -0.392. The number of aryl methyl sites for hydroxylation is 1. The molecule has 134 valence electrons. The first-order valence-electron chi connectivity index (χ1n) is 6.86. The number of anilines is 1. The van der Waals surface area contributed by atoms with Crippen LogP contribution < -0.4 is 5.32 Å². The van der Waals surface area contributed by atoms with Gasteiger partial charge in [-0.2, -0.15) is 18.3 Å². The largest absolute Gasteiger partial charge is 0.416 e. The summed E-state index contributed by atoms with van der Waals surface area (Å²) in [7, 11) is 0. The van der Waals surface area contributed by atoms with Crippen LogP contribution in [0.4, 0.5) is 30.2 Å². The zero-order chi connectivity index (χ0) is 18.8. The lowest BCUT2D eigenvalue weighted by Crippen LogP contribution is -2.14. The maximum absolute atomic E-state index is 12.8. The molecular formula is C13H12F3N5O4. The molecule has 1 aromatic heterocycles. The molecule has 2 rings (SSSR count). The number of halogens is 3. The number of nitrogens with one attached hydrogen (secondary N) is 1. The van der Waals surface area contributed by atoms with E-state index in [-0.39, 0.29) is 25.2 Å². The Labute approximate surface area is 138 Å². The summed E-state index contributed by atoms with van der Waals surface area (Å²) in [6.07, 6.45) is -1.69. The van der Waals surface area contributed by atoms with Crippen LogP contribution in [0.25, 0.3) is 0 Å². The van der Waals surface area contributed by atoms with E-state index in [1.807, 2.05) is 0 Å². The van der Waals surface area contributed by atoms with Crippen LogP contribution in [0, 0.1) is 27.2 Å². The molecule has 1 N–H and O–H groups in total. The van der Waals surface area contributed by atoms with E-state index in [1.54, 1.807) is 19.3 Å². The molecule has 12 heteroatoms. The SMILES string of the molecule is Cc1cnn(CCNc2c([N+](=O)[O-])cc(C(F)(F)F)cc2[N+](=O)[O-])c1. The Morgan fingerprint density at radius 2 is 1.76 bits per heavy atom. The molecule has 0 saturated heterocycles. The van der Waals surface area contributed by atoms with Crippen molar-refractivity contribution in [3.8, 4) is 0 Å². The predicted molar refractivity (Wildman–Crippen MR) is 80.2 cm³/mol. The van der Waals surface area contributed by atoms with Gasteiger partial charge in [0, 0.05) is 24.9 Å². The third kappa shape index (κ3) is 4.22. The Bertz CT molecular complexity index is 783. The van der Waals surface area contributed by atoms with E-state index in [4.69, 9.17) is 0 Å². The molecule has 2 aromatic rings. The number of hydrogen-bond acceptors (Lipinski definition) is 6. The normalized spacial score (nSPS) is 11.4. The molecule has 0 atom stereocenters. The first-order chi connectivity index (χ1) is 11.6. The van der Waals surface area contributed by atoms with Crippen molar-refractivity contribution < 1.29 is 23.0 Å². The first-order valence-corrected chi connectivity index (χ1v) is 6.86. The molecule has 0 fully saturated rings. The van der Waals surface area contributed by atoms with Crippen LogP contribution in [0.1, 0.15) is 11.1 Å². The standard InChI is InChI=1S/C13H12F3N5O4/c1-8-6-18-19(7-8)3-2-17-12-10(20(22)23)4-9(13(14,15)16)5-11(12)21(24)25/h4-7,17H,2-3H2,1H3. The van der Waals surface area contributed by atoms with Crippen molar-refractivity contribution in [3.63, 3.8) is 0 Å². The minimum absolute atomic E-state index is 0.00579. The second-order valence-corrected chi connectivity index (χ2v) is 5.11. The van der Waals surface area contributed by atoms with Gasteiger partial charge in [-0.25, -0.2) is 0 Å². The molecule has 0 aliphatic rings. The predicted octanol–water partition coefficient (Wildman–Crippen LogP) is 3.14. The molecule has 9 nitrogen and oxygen atoms in total. The van der Waals surface area contributed by atoms with Gasteiger partial charge in [0.1, 0.15) is 0 Å². The number of aromatic nitrogens is 2. The van der Waals surface area contributed by atoms with Crippen LogP contribution in [0.2, 0.25) is 0 Å². The van der Waals surface area contributed by atoms with E-state index in [1.165, 1.54) is 4.68 Å². The maximum Gasteiger partial charge on any atom is 0.416 e. The van der Waals surface area contributed by atoms with E-state index in [0.29, 0.717) is 0 Å². The average molecular weight is 359 g/mol. The second kappa shape index (κ2) is 6.75. The molecule has 0 saturated carbocycles. The van der Waals surface area contributed by atoms with Gasteiger partial charge in [-0.1, -0.05) is 0 Å². The van der Waals surface area contributed by atoms with Crippen LogP contribution in [0.5, 0.6) is 0 Å². The highest BCUT2D eigenvalue weighted by Crippen LogP contribution is 2.41. The van der Waals surface area contributed by atoms with Crippen molar-refractivity contribution in [2.45, 2.75) is 19.6 Å². The summed E-state index contributed by atoms with van der Waals surface area (Å²) in [4.78, 5) is 20.0. The number of alkyl halides is 3. The number of rotatable bonds is 6. The van der Waals surface area contributed by atoms with Crippen molar-refractivity contribution in [2.24, 2.45) is 0 Å². The quantitative estimate of drug-likeness (QED) is 0.626. The summed E-state index contributed by atoms with van der Waals surface area (Å²) < 4.78 is 39.9. The monoisotopic (exact) mass is 359 g/mol. The minimum atomic E-state index is -4.94. The van der Waals surface area contributed by atoms with E-state index < -0.39 is 38.6 Å². The summed E-state index contributed by atoms with van der Waals surface area (Å²) in [5.74, 6) is 0. The summed E-state index contributed by atoms with van der Waals surface area (Å²) >= 11 is 0. The summed E-state index contributed by atoms with van der Waals surface area (Å²) in [6.45, 7) is 2.00. The summed E-state index contributed by atoms with van der Waals surface area (Å²) in [5, 5.41) is 28.6. The molecular weight excluding hydrogens is 347 g/mol. The number of hydrogen-bond donors (Lipinski definition) is 1. The Morgan fingerprint density at radius 3 is 2.16 bits per heavy atom. The number of nitrogens with zero attached hydrogens (tertiary/aromatic N) is 4. The summed E-state index contributed by atoms with van der Waals surface area (Å²) in [5.41, 5.74) is -3.20. The minimum Gasteiger partial charge on any atom is -0.372 e. The van der Waals surface area contributed by atoms with Crippen LogP contribution in [0.3, 0.4) is 0 Å². The number of benzene rings is 1. The third-order valence-electron chi connectivity index (χ3n) is 3.22. The molecule has 0 unspecified atom stereocenters. The zero-order valence-electron chi connectivity index (χ0n) is 12.8.